The third-order valence-corrected chi connectivity index (χ3v) is 3.29. The van der Waals surface area contributed by atoms with Gasteiger partial charge in [0.1, 0.15) is 6.61 Å². The molecule has 1 rings (SSSR count). The van der Waals surface area contributed by atoms with Gasteiger partial charge < -0.3 is 15.4 Å². The number of urea groups is 1. The van der Waals surface area contributed by atoms with Crippen LogP contribution in [-0.4, -0.2) is 37.1 Å². The van der Waals surface area contributed by atoms with E-state index in [0.717, 1.165) is 10.6 Å². The van der Waals surface area contributed by atoms with Crippen LogP contribution < -0.4 is 15.9 Å². The fraction of sp³-hybridized carbons (Fsp3) is 0.467. The fourth-order valence-corrected chi connectivity index (χ4v) is 1.97. The lowest BCUT2D eigenvalue weighted by Crippen LogP contribution is -2.37. The Kier molecular flexibility index (Phi) is 8.03. The molecule has 128 valence electrons. The van der Waals surface area contributed by atoms with E-state index in [4.69, 9.17) is 14.9 Å². The molecule has 0 aliphatic rings. The van der Waals surface area contributed by atoms with Crippen LogP contribution in [0, 0.1) is 0 Å². The average Bonchev–Trinajstić information content (AvgIpc) is 2.57. The molecule has 8 heteroatoms. The van der Waals surface area contributed by atoms with Crippen LogP contribution in [0.2, 0.25) is 0 Å². The van der Waals surface area contributed by atoms with Gasteiger partial charge in [-0.15, -0.1) is 0 Å². The molecule has 1 aromatic rings. The van der Waals surface area contributed by atoms with Crippen LogP contribution in [0.4, 0.5) is 10.5 Å². The van der Waals surface area contributed by atoms with Gasteiger partial charge in [0.15, 0.2) is 0 Å². The number of para-hydroxylation sites is 1. The Morgan fingerprint density at radius 2 is 2.13 bits per heavy atom. The smallest absolute Gasteiger partial charge is 0.345 e. The number of anilines is 1. The van der Waals surface area contributed by atoms with Gasteiger partial charge in [-0.05, 0) is 19.4 Å². The Morgan fingerprint density at radius 3 is 2.70 bits per heavy atom. The first-order valence-electron chi connectivity index (χ1n) is 7.28. The van der Waals surface area contributed by atoms with E-state index in [1.807, 2.05) is 19.1 Å². The minimum Gasteiger partial charge on any atom is -0.391 e. The number of oxime groups is 1. The monoisotopic (exact) mass is 324 g/mol. The third-order valence-electron chi connectivity index (χ3n) is 3.29. The molecule has 8 nitrogen and oxygen atoms in total. The Labute approximate surface area is 136 Å². The standard InChI is InChI=1S/C15H24N4O4/c1-5-13(17-21)11(2)18-23-10-12-8-6-7-9-14(12)19(22-4)15(20)16-3/h6-9,13,17,21H,5,10H2,1-4H3,(H,16,20)/b18-11+. The molecule has 0 fully saturated rings. The van der Waals surface area contributed by atoms with Gasteiger partial charge >= 0.3 is 6.03 Å². The van der Waals surface area contributed by atoms with Crippen LogP contribution in [0.1, 0.15) is 25.8 Å². The molecule has 0 aromatic heterocycles. The minimum atomic E-state index is -0.393. The molecule has 0 saturated heterocycles. The Hall–Kier alpha value is -2.16. The first kappa shape index (κ1) is 18.9. The molecule has 1 aromatic carbocycles. The Bertz CT molecular complexity index is 532. The number of amides is 2. The normalized spacial score (nSPS) is 12.7. The first-order valence-corrected chi connectivity index (χ1v) is 7.28. The molecule has 0 saturated carbocycles. The van der Waals surface area contributed by atoms with Gasteiger partial charge in [0, 0.05) is 12.6 Å². The third kappa shape index (κ3) is 5.20. The maximum absolute atomic E-state index is 11.8. The van der Waals surface area contributed by atoms with Gasteiger partial charge in [0.05, 0.1) is 24.6 Å². The summed E-state index contributed by atoms with van der Waals surface area (Å²) in [7, 11) is 2.93. The second kappa shape index (κ2) is 9.78. The van der Waals surface area contributed by atoms with Crippen molar-refractivity contribution < 1.29 is 19.7 Å². The van der Waals surface area contributed by atoms with Crippen molar-refractivity contribution >= 4 is 17.4 Å². The second-order valence-electron chi connectivity index (χ2n) is 4.76. The van der Waals surface area contributed by atoms with E-state index in [0.29, 0.717) is 17.8 Å². The number of nitrogens with zero attached hydrogens (tertiary/aromatic N) is 2. The molecule has 1 atom stereocenters. The Morgan fingerprint density at radius 1 is 1.43 bits per heavy atom. The molecule has 3 N–H and O–H groups in total. The van der Waals surface area contributed by atoms with Crippen molar-refractivity contribution in [3.8, 4) is 0 Å². The quantitative estimate of drug-likeness (QED) is 0.502. The van der Waals surface area contributed by atoms with E-state index >= 15 is 0 Å². The summed E-state index contributed by atoms with van der Waals surface area (Å²) in [4.78, 5) is 22.3. The molecule has 23 heavy (non-hydrogen) atoms. The van der Waals surface area contributed by atoms with E-state index in [-0.39, 0.29) is 12.6 Å². The van der Waals surface area contributed by atoms with Crippen molar-refractivity contribution in [3.63, 3.8) is 0 Å². The summed E-state index contributed by atoms with van der Waals surface area (Å²) in [5, 5.41) is 16.6. The predicted octanol–water partition coefficient (Wildman–Crippen LogP) is 2.04. The van der Waals surface area contributed by atoms with E-state index in [1.165, 1.54) is 14.2 Å². The zero-order valence-electron chi connectivity index (χ0n) is 13.9. The number of carbonyl (C=O) groups is 1. The van der Waals surface area contributed by atoms with Crippen molar-refractivity contribution in [2.75, 3.05) is 19.2 Å². The number of rotatable bonds is 8. The van der Waals surface area contributed by atoms with Crippen LogP contribution in [0.15, 0.2) is 29.4 Å². The SMILES string of the molecule is CCC(NO)/C(C)=N/OCc1ccccc1N(OC)C(=O)NC. The first-order chi connectivity index (χ1) is 11.1. The minimum absolute atomic E-state index is 0.159. The summed E-state index contributed by atoms with van der Waals surface area (Å²) in [6, 6.07) is 6.54. The number of benzene rings is 1. The zero-order valence-corrected chi connectivity index (χ0v) is 13.9. The Balaban J connectivity index is 2.86. The van der Waals surface area contributed by atoms with E-state index in [1.54, 1.807) is 19.1 Å². The molecular formula is C15H24N4O4. The maximum atomic E-state index is 11.8. The lowest BCUT2D eigenvalue weighted by Gasteiger charge is -2.21. The molecule has 0 aliphatic heterocycles. The van der Waals surface area contributed by atoms with Gasteiger partial charge in [-0.1, -0.05) is 30.3 Å². The number of nitrogens with one attached hydrogen (secondary N) is 2. The lowest BCUT2D eigenvalue weighted by atomic mass is 10.1. The molecule has 1 unspecified atom stereocenters. The van der Waals surface area contributed by atoms with Crippen molar-refractivity contribution in [3.05, 3.63) is 29.8 Å². The summed E-state index contributed by atoms with van der Waals surface area (Å²) in [5.74, 6) is 0. The highest BCUT2D eigenvalue weighted by Crippen LogP contribution is 2.21. The highest BCUT2D eigenvalue weighted by Gasteiger charge is 2.17. The molecular weight excluding hydrogens is 300 g/mol. The summed E-state index contributed by atoms with van der Waals surface area (Å²) >= 11 is 0. The van der Waals surface area contributed by atoms with Crippen LogP contribution in [0.3, 0.4) is 0 Å². The van der Waals surface area contributed by atoms with E-state index in [2.05, 4.69) is 16.0 Å². The molecule has 0 bridgehead atoms. The highest BCUT2D eigenvalue weighted by molar-refractivity contribution is 5.90. The molecule has 0 heterocycles. The van der Waals surface area contributed by atoms with Gasteiger partial charge in [0.2, 0.25) is 0 Å². The van der Waals surface area contributed by atoms with Gasteiger partial charge in [-0.2, -0.15) is 10.5 Å². The number of hydroxylamine groups is 2. The van der Waals surface area contributed by atoms with Crippen molar-refractivity contribution in [2.45, 2.75) is 32.9 Å². The van der Waals surface area contributed by atoms with Gasteiger partial charge in [-0.3, -0.25) is 4.84 Å². The fourth-order valence-electron chi connectivity index (χ4n) is 1.97. The number of hydrogen-bond acceptors (Lipinski definition) is 6. The molecule has 0 aliphatic carbocycles. The van der Waals surface area contributed by atoms with Crippen LogP contribution in [0.25, 0.3) is 0 Å². The van der Waals surface area contributed by atoms with Crippen LogP contribution in [-0.2, 0) is 16.3 Å². The number of carbonyl (C=O) groups excluding carboxylic acids is 1. The van der Waals surface area contributed by atoms with Gasteiger partial charge in [0.25, 0.3) is 0 Å². The summed E-state index contributed by atoms with van der Waals surface area (Å²) in [5.41, 5.74) is 4.10. The largest absolute Gasteiger partial charge is 0.391 e. The van der Waals surface area contributed by atoms with Crippen molar-refractivity contribution in [1.82, 2.24) is 10.8 Å². The van der Waals surface area contributed by atoms with Gasteiger partial charge in [-0.25, -0.2) is 4.79 Å². The highest BCUT2D eigenvalue weighted by atomic mass is 16.7. The maximum Gasteiger partial charge on any atom is 0.345 e. The lowest BCUT2D eigenvalue weighted by molar-refractivity contribution is 0.118. The topological polar surface area (TPSA) is 95.4 Å². The molecule has 2 amide bonds. The summed E-state index contributed by atoms with van der Waals surface area (Å²) in [6.07, 6.45) is 0.680. The van der Waals surface area contributed by atoms with Crippen molar-refractivity contribution in [2.24, 2.45) is 5.16 Å². The van der Waals surface area contributed by atoms with Crippen LogP contribution in [0.5, 0.6) is 0 Å². The summed E-state index contributed by atoms with van der Waals surface area (Å²) < 4.78 is 0. The van der Waals surface area contributed by atoms with Crippen molar-refractivity contribution in [1.29, 1.82) is 0 Å². The van der Waals surface area contributed by atoms with Crippen LogP contribution >= 0.6 is 0 Å². The second-order valence-corrected chi connectivity index (χ2v) is 4.76. The zero-order chi connectivity index (χ0) is 17.2. The van der Waals surface area contributed by atoms with E-state index in [9.17, 15) is 4.79 Å². The number of hydrogen-bond donors (Lipinski definition) is 3. The molecule has 0 radical (unpaired) electrons. The molecule has 0 spiro atoms. The van der Waals surface area contributed by atoms with E-state index < -0.39 is 6.03 Å². The predicted molar refractivity (Wildman–Crippen MR) is 87.3 cm³/mol. The average molecular weight is 324 g/mol. The summed E-state index contributed by atoms with van der Waals surface area (Å²) in [6.45, 7) is 3.84.